The van der Waals surface area contributed by atoms with Gasteiger partial charge in [-0.05, 0) is 29.8 Å². The molecule has 2 aromatic carbocycles. The van der Waals surface area contributed by atoms with E-state index in [0.29, 0.717) is 17.0 Å². The Morgan fingerprint density at radius 3 is 2.60 bits per heavy atom. The zero-order chi connectivity index (χ0) is 21.1. The van der Waals surface area contributed by atoms with E-state index in [0.717, 1.165) is 16.8 Å². The highest BCUT2D eigenvalue weighted by atomic mass is 16.2. The molecular weight excluding hydrogens is 380 g/mol. The summed E-state index contributed by atoms with van der Waals surface area (Å²) in [6.45, 7) is 0.265. The molecular formula is C22H22N6O2. The van der Waals surface area contributed by atoms with Crippen LogP contribution in [0, 0.1) is 0 Å². The minimum absolute atomic E-state index is 0.163. The van der Waals surface area contributed by atoms with E-state index in [1.54, 1.807) is 36.1 Å². The van der Waals surface area contributed by atoms with Gasteiger partial charge in [0.25, 0.3) is 5.56 Å². The number of anilines is 2. The first-order valence-corrected chi connectivity index (χ1v) is 9.58. The van der Waals surface area contributed by atoms with Gasteiger partial charge in [0, 0.05) is 32.7 Å². The quantitative estimate of drug-likeness (QED) is 0.517. The number of nitrogens with one attached hydrogen (secondary N) is 2. The first kappa shape index (κ1) is 19.4. The van der Waals surface area contributed by atoms with Crippen molar-refractivity contribution >= 4 is 28.4 Å². The molecule has 0 aliphatic heterocycles. The van der Waals surface area contributed by atoms with Gasteiger partial charge in [0.2, 0.25) is 5.91 Å². The highest BCUT2D eigenvalue weighted by Crippen LogP contribution is 2.19. The van der Waals surface area contributed by atoms with Gasteiger partial charge in [-0.15, -0.1) is 0 Å². The molecule has 0 fully saturated rings. The van der Waals surface area contributed by atoms with Gasteiger partial charge in [-0.25, -0.2) is 9.97 Å². The predicted octanol–water partition coefficient (Wildman–Crippen LogP) is 2.88. The fourth-order valence-corrected chi connectivity index (χ4v) is 3.28. The van der Waals surface area contributed by atoms with Gasteiger partial charge in [-0.3, -0.25) is 9.59 Å². The molecule has 0 saturated heterocycles. The van der Waals surface area contributed by atoms with Crippen molar-refractivity contribution in [2.75, 3.05) is 24.3 Å². The molecule has 8 nitrogen and oxygen atoms in total. The number of carbonyl (C=O) groups is 1. The lowest BCUT2D eigenvalue weighted by molar-refractivity contribution is -0.116. The molecule has 0 spiro atoms. The Balaban J connectivity index is 1.49. The third-order valence-electron chi connectivity index (χ3n) is 4.80. The maximum absolute atomic E-state index is 12.9. The highest BCUT2D eigenvalue weighted by molar-refractivity contribution is 5.91. The number of fused-ring (bicyclic) bond motifs is 1. The smallest absolute Gasteiger partial charge is 0.293 e. The molecule has 30 heavy (non-hydrogen) atoms. The van der Waals surface area contributed by atoms with E-state index in [1.165, 1.54) is 0 Å². The average Bonchev–Trinajstić information content (AvgIpc) is 3.28. The number of rotatable bonds is 6. The van der Waals surface area contributed by atoms with Gasteiger partial charge >= 0.3 is 0 Å². The minimum atomic E-state index is -0.213. The number of amides is 1. The molecule has 0 aliphatic rings. The highest BCUT2D eigenvalue weighted by Gasteiger charge is 2.13. The van der Waals surface area contributed by atoms with Gasteiger partial charge in [-0.1, -0.05) is 24.3 Å². The van der Waals surface area contributed by atoms with Gasteiger partial charge in [0.15, 0.2) is 5.82 Å². The molecule has 0 atom stereocenters. The largest absolute Gasteiger partial charge is 0.358 e. The van der Waals surface area contributed by atoms with Crippen LogP contribution in [0.25, 0.3) is 22.3 Å². The zero-order valence-corrected chi connectivity index (χ0v) is 16.8. The van der Waals surface area contributed by atoms with Crippen LogP contribution in [-0.2, 0) is 11.3 Å². The fourth-order valence-electron chi connectivity index (χ4n) is 3.28. The van der Waals surface area contributed by atoms with E-state index in [4.69, 9.17) is 0 Å². The van der Waals surface area contributed by atoms with E-state index >= 15 is 0 Å². The lowest BCUT2D eigenvalue weighted by atomic mass is 10.1. The number of aryl methyl sites for hydroxylation is 1. The van der Waals surface area contributed by atoms with Crippen LogP contribution in [0.3, 0.4) is 0 Å². The van der Waals surface area contributed by atoms with Gasteiger partial charge in [-0.2, -0.15) is 0 Å². The second-order valence-electron chi connectivity index (χ2n) is 7.12. The van der Waals surface area contributed by atoms with Crippen molar-refractivity contribution in [2.24, 2.45) is 0 Å². The van der Waals surface area contributed by atoms with E-state index < -0.39 is 0 Å². The number of H-pyrrole nitrogens is 1. The van der Waals surface area contributed by atoms with E-state index in [9.17, 15) is 9.59 Å². The summed E-state index contributed by atoms with van der Waals surface area (Å²) in [6.07, 6.45) is 3.53. The third-order valence-corrected chi connectivity index (χ3v) is 4.80. The topological polar surface area (TPSA) is 95.9 Å². The van der Waals surface area contributed by atoms with Crippen LogP contribution >= 0.6 is 0 Å². The van der Waals surface area contributed by atoms with Crippen LogP contribution in [0.1, 0.15) is 6.42 Å². The van der Waals surface area contributed by atoms with Crippen molar-refractivity contribution in [1.29, 1.82) is 0 Å². The van der Waals surface area contributed by atoms with Crippen molar-refractivity contribution < 1.29 is 4.79 Å². The van der Waals surface area contributed by atoms with Crippen LogP contribution < -0.4 is 15.8 Å². The molecule has 4 rings (SSSR count). The molecule has 0 radical (unpaired) electrons. The summed E-state index contributed by atoms with van der Waals surface area (Å²) < 4.78 is 1.61. The number of hydrogen-bond acceptors (Lipinski definition) is 5. The molecule has 152 valence electrons. The SMILES string of the molecule is CN(C)c1nc2ccccc2n(CCC(=O)Nc2ccc(-c3cnc[nH]3)cc2)c1=O. The molecule has 0 unspecified atom stereocenters. The van der Waals surface area contributed by atoms with Crippen molar-refractivity contribution in [3.8, 4) is 11.3 Å². The number of aromatic amines is 1. The minimum Gasteiger partial charge on any atom is -0.358 e. The van der Waals surface area contributed by atoms with Crippen LogP contribution in [-0.4, -0.2) is 39.5 Å². The third kappa shape index (κ3) is 3.93. The normalized spacial score (nSPS) is 10.9. The summed E-state index contributed by atoms with van der Waals surface area (Å²) in [6, 6.07) is 14.9. The van der Waals surface area contributed by atoms with Crippen molar-refractivity contribution in [2.45, 2.75) is 13.0 Å². The Kier molecular flexibility index (Phi) is 5.30. The van der Waals surface area contributed by atoms with Gasteiger partial charge < -0.3 is 19.8 Å². The number of nitrogens with zero attached hydrogens (tertiary/aromatic N) is 4. The Hall–Kier alpha value is -3.94. The molecule has 0 bridgehead atoms. The molecule has 1 amide bonds. The summed E-state index contributed by atoms with van der Waals surface area (Å²) in [4.78, 5) is 38.5. The Bertz CT molecular complexity index is 1230. The molecule has 0 saturated carbocycles. The second-order valence-corrected chi connectivity index (χ2v) is 7.12. The van der Waals surface area contributed by atoms with Crippen molar-refractivity contribution in [3.05, 3.63) is 71.4 Å². The summed E-state index contributed by atoms with van der Waals surface area (Å²) in [5.41, 5.74) is 3.81. The monoisotopic (exact) mass is 402 g/mol. The summed E-state index contributed by atoms with van der Waals surface area (Å²) in [7, 11) is 3.56. The number of benzene rings is 2. The van der Waals surface area contributed by atoms with Crippen molar-refractivity contribution in [1.82, 2.24) is 19.5 Å². The lowest BCUT2D eigenvalue weighted by Crippen LogP contribution is -2.30. The maximum atomic E-state index is 12.9. The predicted molar refractivity (Wildman–Crippen MR) is 118 cm³/mol. The molecule has 0 aliphatic carbocycles. The zero-order valence-electron chi connectivity index (χ0n) is 16.8. The Morgan fingerprint density at radius 1 is 1.13 bits per heavy atom. The van der Waals surface area contributed by atoms with Crippen LogP contribution in [0.4, 0.5) is 11.5 Å². The molecule has 2 heterocycles. The van der Waals surface area contributed by atoms with E-state index in [1.807, 2.05) is 48.5 Å². The van der Waals surface area contributed by atoms with Gasteiger partial charge in [0.1, 0.15) is 0 Å². The van der Waals surface area contributed by atoms with E-state index in [2.05, 4.69) is 20.3 Å². The second kappa shape index (κ2) is 8.20. The molecule has 8 heteroatoms. The van der Waals surface area contributed by atoms with Crippen LogP contribution in [0.5, 0.6) is 0 Å². The van der Waals surface area contributed by atoms with Crippen LogP contribution in [0.15, 0.2) is 65.8 Å². The Labute approximate surface area is 173 Å². The molecule has 4 aromatic rings. The first-order chi connectivity index (χ1) is 14.5. The number of para-hydroxylation sites is 2. The van der Waals surface area contributed by atoms with E-state index in [-0.39, 0.29) is 24.4 Å². The summed E-state index contributed by atoms with van der Waals surface area (Å²) in [5, 5.41) is 2.88. The summed E-state index contributed by atoms with van der Waals surface area (Å²) in [5.74, 6) is 0.187. The van der Waals surface area contributed by atoms with Crippen LogP contribution in [0.2, 0.25) is 0 Å². The lowest BCUT2D eigenvalue weighted by Gasteiger charge is -2.16. The maximum Gasteiger partial charge on any atom is 0.293 e. The Morgan fingerprint density at radius 2 is 1.90 bits per heavy atom. The number of aromatic nitrogens is 4. The molecule has 2 N–H and O–H groups in total. The standard InChI is InChI=1S/C22H22N6O2/c1-27(2)21-22(30)28(19-6-4-3-5-17(19)26-21)12-11-20(29)25-16-9-7-15(8-10-16)18-13-23-14-24-18/h3-10,13-14H,11-12H2,1-2H3,(H,23,24)(H,25,29). The molecule has 2 aromatic heterocycles. The average molecular weight is 402 g/mol. The summed E-state index contributed by atoms with van der Waals surface area (Å²) >= 11 is 0. The fraction of sp³-hybridized carbons (Fsp3) is 0.182. The number of hydrogen-bond donors (Lipinski definition) is 2. The number of imidazole rings is 1. The van der Waals surface area contributed by atoms with Gasteiger partial charge in [0.05, 0.1) is 29.3 Å². The van der Waals surface area contributed by atoms with Crippen molar-refractivity contribution in [3.63, 3.8) is 0 Å². The first-order valence-electron chi connectivity index (χ1n) is 9.58. The number of carbonyl (C=O) groups excluding carboxylic acids is 1.